The van der Waals surface area contributed by atoms with Gasteiger partial charge in [0.25, 0.3) is 5.91 Å². The van der Waals surface area contributed by atoms with Gasteiger partial charge in [0.05, 0.1) is 0 Å². The highest BCUT2D eigenvalue weighted by atomic mass is 16.5. The molecule has 0 bridgehead atoms. The number of benzene rings is 3. The van der Waals surface area contributed by atoms with Crippen molar-refractivity contribution < 1.29 is 14.6 Å². The highest BCUT2D eigenvalue weighted by molar-refractivity contribution is 5.94. The highest BCUT2D eigenvalue weighted by Crippen LogP contribution is 2.30. The molecular formula is C23H18N2O3. The number of fused-ring (bicyclic) bond motifs is 1. The molecule has 1 aromatic heterocycles. The third kappa shape index (κ3) is 3.78. The summed E-state index contributed by atoms with van der Waals surface area (Å²) in [6, 6.07) is 24.5. The summed E-state index contributed by atoms with van der Waals surface area (Å²) >= 11 is 0. The molecule has 5 nitrogen and oxygen atoms in total. The molecule has 0 saturated carbocycles. The number of hydrogen-bond donors (Lipinski definition) is 2. The molecule has 0 saturated heterocycles. The molecule has 0 aliphatic rings. The Morgan fingerprint density at radius 1 is 0.964 bits per heavy atom. The van der Waals surface area contributed by atoms with E-state index in [9.17, 15) is 9.90 Å². The molecule has 4 aromatic rings. The second-order valence-corrected chi connectivity index (χ2v) is 6.28. The van der Waals surface area contributed by atoms with E-state index < -0.39 is 5.91 Å². The van der Waals surface area contributed by atoms with Crippen molar-refractivity contribution in [3.05, 3.63) is 96.3 Å². The minimum Gasteiger partial charge on any atom is -0.505 e. The Labute approximate surface area is 162 Å². The molecule has 0 aliphatic heterocycles. The van der Waals surface area contributed by atoms with Gasteiger partial charge in [-0.3, -0.25) is 4.79 Å². The molecular weight excluding hydrogens is 352 g/mol. The van der Waals surface area contributed by atoms with Crippen LogP contribution in [0, 0.1) is 0 Å². The first-order valence-electron chi connectivity index (χ1n) is 8.87. The minimum atomic E-state index is -0.432. The topological polar surface area (TPSA) is 71.5 Å². The second-order valence-electron chi connectivity index (χ2n) is 6.28. The monoisotopic (exact) mass is 370 g/mol. The van der Waals surface area contributed by atoms with E-state index in [1.54, 1.807) is 6.07 Å². The standard InChI is InChI=1S/C23H18N2O3/c26-20-11-5-13-24-22(20)23(27)25-15-16-6-3-9-18(14-16)28-21-12-4-8-17-7-1-2-10-19(17)21/h1-14,26H,15H2,(H,25,27). The van der Waals surface area contributed by atoms with Gasteiger partial charge < -0.3 is 15.2 Å². The van der Waals surface area contributed by atoms with E-state index in [0.29, 0.717) is 12.3 Å². The predicted molar refractivity (Wildman–Crippen MR) is 108 cm³/mol. The fraction of sp³-hybridized carbons (Fsp3) is 0.0435. The average molecular weight is 370 g/mol. The number of rotatable bonds is 5. The summed E-state index contributed by atoms with van der Waals surface area (Å²) in [5.41, 5.74) is 0.882. The number of amides is 1. The van der Waals surface area contributed by atoms with Crippen molar-refractivity contribution in [2.45, 2.75) is 6.54 Å². The fourth-order valence-corrected chi connectivity index (χ4v) is 2.97. The quantitative estimate of drug-likeness (QED) is 0.536. The van der Waals surface area contributed by atoms with Crippen molar-refractivity contribution in [2.75, 3.05) is 0 Å². The van der Waals surface area contributed by atoms with Gasteiger partial charge in [-0.05, 0) is 41.3 Å². The summed E-state index contributed by atoms with van der Waals surface area (Å²) < 4.78 is 6.08. The molecule has 0 spiro atoms. The number of nitrogens with one attached hydrogen (secondary N) is 1. The zero-order valence-corrected chi connectivity index (χ0v) is 15.0. The number of carbonyl (C=O) groups excluding carboxylic acids is 1. The number of carbonyl (C=O) groups is 1. The van der Waals surface area contributed by atoms with Crippen LogP contribution in [0.15, 0.2) is 85.1 Å². The van der Waals surface area contributed by atoms with Gasteiger partial charge in [-0.25, -0.2) is 4.98 Å². The molecule has 0 fully saturated rings. The summed E-state index contributed by atoms with van der Waals surface area (Å²) in [5.74, 6) is 0.882. The van der Waals surface area contributed by atoms with Crippen LogP contribution in [0.2, 0.25) is 0 Å². The van der Waals surface area contributed by atoms with Gasteiger partial charge in [0, 0.05) is 18.1 Å². The maximum Gasteiger partial charge on any atom is 0.273 e. The Morgan fingerprint density at radius 3 is 2.68 bits per heavy atom. The van der Waals surface area contributed by atoms with Crippen LogP contribution in [0.5, 0.6) is 17.2 Å². The third-order valence-corrected chi connectivity index (χ3v) is 4.33. The molecule has 0 atom stereocenters. The van der Waals surface area contributed by atoms with Gasteiger partial charge >= 0.3 is 0 Å². The maximum absolute atomic E-state index is 12.2. The van der Waals surface area contributed by atoms with Crippen LogP contribution in [0.3, 0.4) is 0 Å². The molecule has 5 heteroatoms. The Kier molecular flexibility index (Phi) is 4.89. The van der Waals surface area contributed by atoms with Crippen LogP contribution in [0.1, 0.15) is 16.1 Å². The minimum absolute atomic E-state index is 0.00524. The largest absolute Gasteiger partial charge is 0.505 e. The normalized spacial score (nSPS) is 10.6. The van der Waals surface area contributed by atoms with Gasteiger partial charge in [0.15, 0.2) is 5.69 Å². The zero-order chi connectivity index (χ0) is 19.3. The smallest absolute Gasteiger partial charge is 0.273 e. The number of aromatic nitrogens is 1. The van der Waals surface area contributed by atoms with Gasteiger partial charge in [-0.1, -0.05) is 48.5 Å². The molecule has 0 radical (unpaired) electrons. The van der Waals surface area contributed by atoms with E-state index in [0.717, 1.165) is 22.1 Å². The summed E-state index contributed by atoms with van der Waals surface area (Å²) in [7, 11) is 0. The molecule has 1 amide bonds. The lowest BCUT2D eigenvalue weighted by Crippen LogP contribution is -2.23. The number of aromatic hydroxyl groups is 1. The molecule has 28 heavy (non-hydrogen) atoms. The van der Waals surface area contributed by atoms with Crippen LogP contribution in [0.4, 0.5) is 0 Å². The molecule has 1 heterocycles. The first-order valence-corrected chi connectivity index (χ1v) is 8.87. The second kappa shape index (κ2) is 7.80. The summed E-state index contributed by atoms with van der Waals surface area (Å²) in [5, 5.41) is 14.6. The first-order chi connectivity index (χ1) is 13.7. The van der Waals surface area contributed by atoms with Crippen molar-refractivity contribution in [1.82, 2.24) is 10.3 Å². The molecule has 2 N–H and O–H groups in total. The summed E-state index contributed by atoms with van der Waals surface area (Å²) in [6.45, 7) is 0.293. The maximum atomic E-state index is 12.2. The van der Waals surface area contributed by atoms with Crippen LogP contribution in [-0.4, -0.2) is 16.0 Å². The van der Waals surface area contributed by atoms with E-state index in [1.807, 2.05) is 66.7 Å². The Hall–Kier alpha value is -3.86. The van der Waals surface area contributed by atoms with Crippen molar-refractivity contribution >= 4 is 16.7 Å². The van der Waals surface area contributed by atoms with E-state index in [1.165, 1.54) is 12.3 Å². The fourth-order valence-electron chi connectivity index (χ4n) is 2.97. The lowest BCUT2D eigenvalue weighted by atomic mass is 10.1. The van der Waals surface area contributed by atoms with E-state index >= 15 is 0 Å². The molecule has 3 aromatic carbocycles. The van der Waals surface area contributed by atoms with Crippen LogP contribution in [0.25, 0.3) is 10.8 Å². The first kappa shape index (κ1) is 17.5. The predicted octanol–water partition coefficient (Wildman–Crippen LogP) is 4.66. The molecule has 0 unspecified atom stereocenters. The van der Waals surface area contributed by atoms with Gasteiger partial charge in [-0.2, -0.15) is 0 Å². The lowest BCUT2D eigenvalue weighted by Gasteiger charge is -2.11. The highest BCUT2D eigenvalue weighted by Gasteiger charge is 2.12. The van der Waals surface area contributed by atoms with E-state index in [4.69, 9.17) is 4.74 Å². The number of pyridine rings is 1. The molecule has 138 valence electrons. The van der Waals surface area contributed by atoms with Gasteiger partial charge in [0.1, 0.15) is 17.2 Å². The Bertz CT molecular complexity index is 1140. The van der Waals surface area contributed by atoms with Crippen molar-refractivity contribution in [1.29, 1.82) is 0 Å². The SMILES string of the molecule is O=C(NCc1cccc(Oc2cccc3ccccc23)c1)c1ncccc1O. The van der Waals surface area contributed by atoms with E-state index in [-0.39, 0.29) is 11.4 Å². The van der Waals surface area contributed by atoms with Crippen molar-refractivity contribution in [3.63, 3.8) is 0 Å². The lowest BCUT2D eigenvalue weighted by molar-refractivity contribution is 0.0943. The molecule has 4 rings (SSSR count). The number of ether oxygens (including phenoxy) is 1. The molecule has 0 aliphatic carbocycles. The number of hydrogen-bond acceptors (Lipinski definition) is 4. The van der Waals surface area contributed by atoms with Crippen LogP contribution < -0.4 is 10.1 Å². The Balaban J connectivity index is 1.49. The summed E-state index contributed by atoms with van der Waals surface area (Å²) in [6.07, 6.45) is 1.47. The third-order valence-electron chi connectivity index (χ3n) is 4.33. The van der Waals surface area contributed by atoms with Gasteiger partial charge in [0.2, 0.25) is 0 Å². The zero-order valence-electron chi connectivity index (χ0n) is 15.0. The van der Waals surface area contributed by atoms with Crippen LogP contribution in [-0.2, 0) is 6.54 Å². The van der Waals surface area contributed by atoms with Crippen LogP contribution >= 0.6 is 0 Å². The van der Waals surface area contributed by atoms with Gasteiger partial charge in [-0.15, -0.1) is 0 Å². The van der Waals surface area contributed by atoms with Crippen molar-refractivity contribution in [3.8, 4) is 17.2 Å². The number of nitrogens with zero attached hydrogens (tertiary/aromatic N) is 1. The Morgan fingerprint density at radius 2 is 1.79 bits per heavy atom. The van der Waals surface area contributed by atoms with Crippen molar-refractivity contribution in [2.24, 2.45) is 0 Å². The average Bonchev–Trinajstić information content (AvgIpc) is 2.73. The summed E-state index contributed by atoms with van der Waals surface area (Å²) in [4.78, 5) is 16.1. The van der Waals surface area contributed by atoms with E-state index in [2.05, 4.69) is 10.3 Å².